The third-order valence-electron chi connectivity index (χ3n) is 2.35. The average Bonchev–Trinajstić information content (AvgIpc) is 2.90. The van der Waals surface area contributed by atoms with E-state index in [1.807, 2.05) is 0 Å². The van der Waals surface area contributed by atoms with Gasteiger partial charge in [0.05, 0.1) is 11.8 Å². The van der Waals surface area contributed by atoms with E-state index in [-0.39, 0.29) is 11.3 Å². The first kappa shape index (κ1) is 11.9. The fourth-order valence-electron chi connectivity index (χ4n) is 1.40. The van der Waals surface area contributed by atoms with Crippen molar-refractivity contribution in [1.29, 1.82) is 0 Å². The Kier molecular flexibility index (Phi) is 3.43. The molecule has 92 valence electrons. The van der Waals surface area contributed by atoms with Gasteiger partial charge in [0.15, 0.2) is 0 Å². The topological polar surface area (TPSA) is 74.8 Å². The number of benzene rings is 1. The number of phenolic OH excluding ortho intramolecular Hbond substituents is 1. The normalized spacial score (nSPS) is 11.3. The molecule has 1 amide bonds. The van der Waals surface area contributed by atoms with Crippen molar-refractivity contribution in [2.24, 2.45) is 5.10 Å². The summed E-state index contributed by atoms with van der Waals surface area (Å²) in [5, 5.41) is 13.4. The van der Waals surface area contributed by atoms with Crippen molar-refractivity contribution in [1.82, 2.24) is 5.43 Å². The molecule has 0 bridgehead atoms. The summed E-state index contributed by atoms with van der Waals surface area (Å²) in [6.45, 7) is 1.71. The Morgan fingerprint density at radius 3 is 2.72 bits per heavy atom. The Hall–Kier alpha value is -2.56. The van der Waals surface area contributed by atoms with E-state index in [1.165, 1.54) is 18.4 Å². The largest absolute Gasteiger partial charge is 0.507 e. The van der Waals surface area contributed by atoms with E-state index in [9.17, 15) is 9.90 Å². The molecule has 5 heteroatoms. The minimum Gasteiger partial charge on any atom is -0.507 e. The van der Waals surface area contributed by atoms with Crippen molar-refractivity contribution in [2.45, 2.75) is 6.92 Å². The van der Waals surface area contributed by atoms with Crippen LogP contribution in [0.3, 0.4) is 0 Å². The lowest BCUT2D eigenvalue weighted by Crippen LogP contribution is -2.19. The van der Waals surface area contributed by atoms with Crippen LogP contribution in [0, 0.1) is 0 Å². The van der Waals surface area contributed by atoms with Gasteiger partial charge in [0.2, 0.25) is 0 Å². The molecule has 2 N–H and O–H groups in total. The molecule has 1 heterocycles. The maximum atomic E-state index is 11.7. The number of aromatic hydroxyl groups is 1. The van der Waals surface area contributed by atoms with Crippen molar-refractivity contribution in [2.75, 3.05) is 0 Å². The number of rotatable bonds is 3. The second-order valence-corrected chi connectivity index (χ2v) is 3.63. The van der Waals surface area contributed by atoms with E-state index >= 15 is 0 Å². The average molecular weight is 244 g/mol. The molecule has 0 saturated heterocycles. The molecule has 0 spiro atoms. The predicted molar refractivity (Wildman–Crippen MR) is 66.5 cm³/mol. The summed E-state index contributed by atoms with van der Waals surface area (Å²) in [5.41, 5.74) is 3.08. The van der Waals surface area contributed by atoms with Crippen LogP contribution in [0.25, 0.3) is 0 Å². The standard InChI is InChI=1S/C13H12N2O3/c1-9(12-7-4-8-18-12)14-15-13(17)10-5-2-3-6-11(10)16/h2-8,16H,1H3,(H,15,17). The van der Waals surface area contributed by atoms with Crippen molar-refractivity contribution < 1.29 is 14.3 Å². The van der Waals surface area contributed by atoms with E-state index in [2.05, 4.69) is 10.5 Å². The first-order chi connectivity index (χ1) is 8.68. The number of carbonyl (C=O) groups excluding carboxylic acids is 1. The van der Waals surface area contributed by atoms with Crippen LogP contribution in [-0.4, -0.2) is 16.7 Å². The van der Waals surface area contributed by atoms with E-state index in [0.717, 1.165) is 0 Å². The molecule has 2 aromatic rings. The summed E-state index contributed by atoms with van der Waals surface area (Å²) >= 11 is 0. The molecular formula is C13H12N2O3. The molecule has 5 nitrogen and oxygen atoms in total. The van der Waals surface area contributed by atoms with Crippen LogP contribution in [0.1, 0.15) is 23.0 Å². The highest BCUT2D eigenvalue weighted by Gasteiger charge is 2.09. The van der Waals surface area contributed by atoms with E-state index in [0.29, 0.717) is 11.5 Å². The number of hydrogen-bond acceptors (Lipinski definition) is 4. The summed E-state index contributed by atoms with van der Waals surface area (Å²) in [6.07, 6.45) is 1.53. The molecule has 0 radical (unpaired) electrons. The Morgan fingerprint density at radius 2 is 2.06 bits per heavy atom. The molecule has 18 heavy (non-hydrogen) atoms. The van der Waals surface area contributed by atoms with Gasteiger partial charge < -0.3 is 9.52 Å². The molecule has 1 aromatic carbocycles. The van der Waals surface area contributed by atoms with Gasteiger partial charge in [-0.2, -0.15) is 5.10 Å². The number of para-hydroxylation sites is 1. The summed E-state index contributed by atoms with van der Waals surface area (Å²) in [4.78, 5) is 11.7. The van der Waals surface area contributed by atoms with E-state index in [4.69, 9.17) is 4.42 Å². The Bertz CT molecular complexity index is 574. The summed E-state index contributed by atoms with van der Waals surface area (Å²) < 4.78 is 5.13. The van der Waals surface area contributed by atoms with Gasteiger partial charge in [0, 0.05) is 0 Å². The molecule has 0 unspecified atom stereocenters. The van der Waals surface area contributed by atoms with Gasteiger partial charge in [-0.05, 0) is 31.2 Å². The molecule has 0 aliphatic heterocycles. The van der Waals surface area contributed by atoms with Gasteiger partial charge in [0.25, 0.3) is 5.91 Å². The molecule has 2 rings (SSSR count). The van der Waals surface area contributed by atoms with Crippen molar-refractivity contribution in [3.05, 3.63) is 54.0 Å². The quantitative estimate of drug-likeness (QED) is 0.641. The number of hydrogen-bond donors (Lipinski definition) is 2. The summed E-state index contributed by atoms with van der Waals surface area (Å²) in [5.74, 6) is 0.0208. The zero-order valence-electron chi connectivity index (χ0n) is 9.75. The maximum absolute atomic E-state index is 11.7. The van der Waals surface area contributed by atoms with E-state index in [1.54, 1.807) is 31.2 Å². The fourth-order valence-corrected chi connectivity index (χ4v) is 1.40. The monoisotopic (exact) mass is 244 g/mol. The van der Waals surface area contributed by atoms with Gasteiger partial charge in [-0.25, -0.2) is 5.43 Å². The molecule has 0 aliphatic carbocycles. The van der Waals surface area contributed by atoms with Crippen molar-refractivity contribution >= 4 is 11.6 Å². The van der Waals surface area contributed by atoms with Crippen LogP contribution in [0.2, 0.25) is 0 Å². The molecular weight excluding hydrogens is 232 g/mol. The van der Waals surface area contributed by atoms with Crippen molar-refractivity contribution in [3.63, 3.8) is 0 Å². The SMILES string of the molecule is CC(=NNC(=O)c1ccccc1O)c1ccco1. The van der Waals surface area contributed by atoms with Gasteiger partial charge in [0.1, 0.15) is 17.2 Å². The summed E-state index contributed by atoms with van der Waals surface area (Å²) in [7, 11) is 0. The van der Waals surface area contributed by atoms with Gasteiger partial charge >= 0.3 is 0 Å². The molecule has 0 saturated carbocycles. The zero-order chi connectivity index (χ0) is 13.0. The van der Waals surface area contributed by atoms with Crippen molar-refractivity contribution in [3.8, 4) is 5.75 Å². The number of hydrazone groups is 1. The van der Waals surface area contributed by atoms with Crippen LogP contribution in [-0.2, 0) is 0 Å². The lowest BCUT2D eigenvalue weighted by atomic mass is 10.2. The second kappa shape index (κ2) is 5.18. The number of amides is 1. The molecule has 0 aliphatic rings. The molecule has 0 atom stereocenters. The highest BCUT2D eigenvalue weighted by molar-refractivity contribution is 6.00. The zero-order valence-corrected chi connectivity index (χ0v) is 9.75. The van der Waals surface area contributed by atoms with Gasteiger partial charge in [-0.15, -0.1) is 0 Å². The smallest absolute Gasteiger partial charge is 0.275 e. The Balaban J connectivity index is 2.09. The lowest BCUT2D eigenvalue weighted by Gasteiger charge is -2.02. The number of nitrogens with one attached hydrogen (secondary N) is 1. The number of phenols is 1. The second-order valence-electron chi connectivity index (χ2n) is 3.63. The highest BCUT2D eigenvalue weighted by atomic mass is 16.3. The Labute approximate surface area is 104 Å². The maximum Gasteiger partial charge on any atom is 0.275 e. The number of nitrogens with zero attached hydrogens (tertiary/aromatic N) is 1. The van der Waals surface area contributed by atoms with Crippen LogP contribution in [0.15, 0.2) is 52.2 Å². The highest BCUT2D eigenvalue weighted by Crippen LogP contribution is 2.15. The Morgan fingerprint density at radius 1 is 1.28 bits per heavy atom. The number of furan rings is 1. The molecule has 0 fully saturated rings. The summed E-state index contributed by atoms with van der Waals surface area (Å²) in [6, 6.07) is 9.74. The number of carbonyl (C=O) groups is 1. The van der Waals surface area contributed by atoms with Gasteiger partial charge in [-0.3, -0.25) is 4.79 Å². The predicted octanol–water partition coefficient (Wildman–Crippen LogP) is 2.14. The van der Waals surface area contributed by atoms with Gasteiger partial charge in [-0.1, -0.05) is 12.1 Å². The van der Waals surface area contributed by atoms with E-state index < -0.39 is 5.91 Å². The van der Waals surface area contributed by atoms with Crippen LogP contribution in [0.4, 0.5) is 0 Å². The first-order valence-electron chi connectivity index (χ1n) is 5.35. The fraction of sp³-hybridized carbons (Fsp3) is 0.0769. The van der Waals surface area contributed by atoms with Crippen LogP contribution >= 0.6 is 0 Å². The molecule has 1 aromatic heterocycles. The third kappa shape index (κ3) is 2.57. The minimum absolute atomic E-state index is 0.0825. The van der Waals surface area contributed by atoms with Crippen LogP contribution < -0.4 is 5.43 Å². The minimum atomic E-state index is -0.473. The lowest BCUT2D eigenvalue weighted by molar-refractivity contribution is 0.0952. The third-order valence-corrected chi connectivity index (χ3v) is 2.35. The first-order valence-corrected chi connectivity index (χ1v) is 5.35. The van der Waals surface area contributed by atoms with Crippen LogP contribution in [0.5, 0.6) is 5.75 Å².